The molecule has 1 rings (SSSR count). The van der Waals surface area contributed by atoms with Gasteiger partial charge in [0, 0.05) is 6.61 Å². The van der Waals surface area contributed by atoms with Gasteiger partial charge in [0.15, 0.2) is 8.32 Å². The quantitative estimate of drug-likeness (QED) is 0.487. The van der Waals surface area contributed by atoms with Crippen molar-refractivity contribution in [3.8, 4) is 0 Å². The highest BCUT2D eigenvalue weighted by Crippen LogP contribution is 2.36. The van der Waals surface area contributed by atoms with E-state index < -0.39 is 14.4 Å². The van der Waals surface area contributed by atoms with Crippen molar-refractivity contribution in [2.45, 2.75) is 64.8 Å². The molecule has 0 heterocycles. The van der Waals surface area contributed by atoms with Crippen LogP contribution in [0.1, 0.15) is 52.2 Å². The van der Waals surface area contributed by atoms with Gasteiger partial charge in [-0.2, -0.15) is 0 Å². The van der Waals surface area contributed by atoms with E-state index in [1.54, 1.807) is 0 Å². The van der Waals surface area contributed by atoms with Gasteiger partial charge in [0.2, 0.25) is 0 Å². The molecule has 0 aliphatic carbocycles. The van der Waals surface area contributed by atoms with Gasteiger partial charge in [0.1, 0.15) is 0 Å². The predicted molar refractivity (Wildman–Crippen MR) is 102 cm³/mol. The molecule has 1 N–H and O–H groups in total. The second kappa shape index (κ2) is 8.81. The first-order valence-electron chi connectivity index (χ1n) is 8.67. The Hall–Kier alpha value is -0.903. The van der Waals surface area contributed by atoms with Crippen LogP contribution in [-0.4, -0.2) is 20.0 Å². The number of hydrogen-bond donors (Lipinski definition) is 1. The minimum atomic E-state index is -1.63. The fraction of sp³-hybridized carbons (Fsp3) is 0.600. The molecule has 130 valence electrons. The molecule has 0 fully saturated rings. The molecule has 0 spiro atoms. The summed E-state index contributed by atoms with van der Waals surface area (Å²) in [6.07, 6.45) is 5.57. The van der Waals surface area contributed by atoms with Crippen molar-refractivity contribution >= 4 is 8.32 Å². The topological polar surface area (TPSA) is 29.5 Å². The molecule has 1 aromatic carbocycles. The first kappa shape index (κ1) is 20.1. The summed E-state index contributed by atoms with van der Waals surface area (Å²) >= 11 is 0. The lowest BCUT2D eigenvalue weighted by Crippen LogP contribution is -2.41. The molecule has 2 nitrogen and oxygen atoms in total. The summed E-state index contributed by atoms with van der Waals surface area (Å²) in [5, 5.41) is 10.4. The van der Waals surface area contributed by atoms with E-state index in [0.717, 1.165) is 18.6 Å². The molecule has 1 aromatic rings. The monoisotopic (exact) mass is 334 g/mol. The number of aliphatic hydroxyl groups excluding tert-OH is 1. The van der Waals surface area contributed by atoms with E-state index in [-0.39, 0.29) is 5.04 Å². The van der Waals surface area contributed by atoms with Gasteiger partial charge in [-0.25, -0.2) is 0 Å². The molecule has 0 saturated carbocycles. The molecule has 0 aliphatic rings. The number of benzene rings is 1. The van der Waals surface area contributed by atoms with Crippen LogP contribution in [0.3, 0.4) is 0 Å². The molecule has 0 bridgehead atoms. The van der Waals surface area contributed by atoms with E-state index in [1.165, 1.54) is 0 Å². The van der Waals surface area contributed by atoms with Gasteiger partial charge in [-0.15, -0.1) is 0 Å². The Bertz CT molecular complexity index is 474. The molecule has 2 atom stereocenters. The Labute approximate surface area is 143 Å². The molecular formula is C20H34O2Si. The fourth-order valence-corrected chi connectivity index (χ4v) is 3.12. The van der Waals surface area contributed by atoms with Gasteiger partial charge in [0.05, 0.1) is 6.10 Å². The Morgan fingerprint density at radius 2 is 1.78 bits per heavy atom. The van der Waals surface area contributed by atoms with Crippen molar-refractivity contribution in [3.63, 3.8) is 0 Å². The zero-order valence-electron chi connectivity index (χ0n) is 15.7. The molecule has 0 aliphatic heterocycles. The third-order valence-electron chi connectivity index (χ3n) is 4.85. The highest BCUT2D eigenvalue weighted by Gasteiger charge is 2.36. The summed E-state index contributed by atoms with van der Waals surface area (Å²) in [5.74, 6) is 0.475. The summed E-state index contributed by atoms with van der Waals surface area (Å²) in [7, 11) is -1.63. The summed E-state index contributed by atoms with van der Waals surface area (Å²) in [6.45, 7) is 14.4. The zero-order valence-corrected chi connectivity index (χ0v) is 16.7. The summed E-state index contributed by atoms with van der Waals surface area (Å²) in [5.41, 5.74) is 0.978. The Morgan fingerprint density at radius 3 is 2.35 bits per heavy atom. The third kappa shape index (κ3) is 7.02. The van der Waals surface area contributed by atoms with Gasteiger partial charge in [-0.3, -0.25) is 0 Å². The molecule has 0 amide bonds. The maximum Gasteiger partial charge on any atom is 0.191 e. The number of aliphatic hydroxyl groups is 1. The maximum absolute atomic E-state index is 10.1. The highest BCUT2D eigenvalue weighted by atomic mass is 28.4. The van der Waals surface area contributed by atoms with Crippen LogP contribution >= 0.6 is 0 Å². The van der Waals surface area contributed by atoms with Crippen LogP contribution in [-0.2, 0) is 4.43 Å². The standard InChI is InChI=1S/C20H34O2Si/c1-17(15-16-22-23(5,6)20(2,3)4)11-10-14-19(21)18-12-8-7-9-13-18/h7-13,17,19,21H,14-16H2,1-6H3/b11-10-/t17-,19-/m0/s1. The minimum absolute atomic E-state index is 0.270. The second-order valence-electron chi connectivity index (χ2n) is 7.97. The molecule has 0 radical (unpaired) electrons. The molecule has 0 saturated heterocycles. The van der Waals surface area contributed by atoms with Gasteiger partial charge < -0.3 is 9.53 Å². The lowest BCUT2D eigenvalue weighted by molar-refractivity contribution is 0.181. The van der Waals surface area contributed by atoms with E-state index in [1.807, 2.05) is 30.3 Å². The second-order valence-corrected chi connectivity index (χ2v) is 12.8. The average molecular weight is 335 g/mol. The van der Waals surface area contributed by atoms with E-state index in [0.29, 0.717) is 12.3 Å². The Kier molecular flexibility index (Phi) is 7.72. The number of hydrogen-bond acceptors (Lipinski definition) is 2. The first-order valence-corrected chi connectivity index (χ1v) is 11.6. The van der Waals surface area contributed by atoms with Gasteiger partial charge in [-0.1, -0.05) is 70.2 Å². The lowest BCUT2D eigenvalue weighted by Gasteiger charge is -2.36. The summed E-state index contributed by atoms with van der Waals surface area (Å²) < 4.78 is 6.22. The van der Waals surface area contributed by atoms with Crippen LogP contribution in [0.5, 0.6) is 0 Å². The van der Waals surface area contributed by atoms with Crippen molar-refractivity contribution in [2.24, 2.45) is 5.92 Å². The predicted octanol–water partition coefficient (Wildman–Crippen LogP) is 5.71. The normalized spacial score (nSPS) is 15.8. The smallest absolute Gasteiger partial charge is 0.191 e. The van der Waals surface area contributed by atoms with Gasteiger partial charge in [0.25, 0.3) is 0 Å². The van der Waals surface area contributed by atoms with Crippen LogP contribution in [0.2, 0.25) is 18.1 Å². The van der Waals surface area contributed by atoms with E-state index in [2.05, 4.69) is 52.9 Å². The fourth-order valence-electron chi connectivity index (χ4n) is 2.06. The molecule has 3 heteroatoms. The van der Waals surface area contributed by atoms with Crippen LogP contribution < -0.4 is 0 Å². The van der Waals surface area contributed by atoms with Gasteiger partial charge in [-0.05, 0) is 42.5 Å². The van der Waals surface area contributed by atoms with Crippen molar-refractivity contribution < 1.29 is 9.53 Å². The Morgan fingerprint density at radius 1 is 1.17 bits per heavy atom. The van der Waals surface area contributed by atoms with Gasteiger partial charge >= 0.3 is 0 Å². The van der Waals surface area contributed by atoms with Crippen molar-refractivity contribution in [3.05, 3.63) is 48.0 Å². The number of allylic oxidation sites excluding steroid dienone is 1. The average Bonchev–Trinajstić information content (AvgIpc) is 2.46. The lowest BCUT2D eigenvalue weighted by atomic mass is 10.0. The van der Waals surface area contributed by atoms with Crippen LogP contribution in [0.15, 0.2) is 42.5 Å². The molecule has 23 heavy (non-hydrogen) atoms. The van der Waals surface area contributed by atoms with Crippen LogP contribution in [0, 0.1) is 5.92 Å². The SMILES string of the molecule is C[C@@H](/C=C\C[C@H](O)c1ccccc1)CCO[Si](C)(C)C(C)(C)C. The van der Waals surface area contributed by atoms with E-state index in [4.69, 9.17) is 4.43 Å². The Balaban J connectivity index is 2.32. The van der Waals surface area contributed by atoms with E-state index in [9.17, 15) is 5.11 Å². The third-order valence-corrected chi connectivity index (χ3v) is 9.39. The maximum atomic E-state index is 10.1. The van der Waals surface area contributed by atoms with Crippen molar-refractivity contribution in [1.82, 2.24) is 0 Å². The van der Waals surface area contributed by atoms with Crippen molar-refractivity contribution in [2.75, 3.05) is 6.61 Å². The summed E-state index contributed by atoms with van der Waals surface area (Å²) in [4.78, 5) is 0. The zero-order chi connectivity index (χ0) is 17.5. The molecule has 0 aromatic heterocycles. The van der Waals surface area contributed by atoms with Crippen LogP contribution in [0.4, 0.5) is 0 Å². The first-order chi connectivity index (χ1) is 10.6. The molecular weight excluding hydrogens is 300 g/mol. The highest BCUT2D eigenvalue weighted by molar-refractivity contribution is 6.74. The van der Waals surface area contributed by atoms with E-state index >= 15 is 0 Å². The summed E-state index contributed by atoms with van der Waals surface area (Å²) in [6, 6.07) is 9.83. The largest absolute Gasteiger partial charge is 0.417 e. The van der Waals surface area contributed by atoms with Crippen molar-refractivity contribution in [1.29, 1.82) is 0 Å². The number of rotatable bonds is 8. The molecule has 0 unspecified atom stereocenters. The minimum Gasteiger partial charge on any atom is -0.417 e. The van der Waals surface area contributed by atoms with Crippen LogP contribution in [0.25, 0.3) is 0 Å².